The van der Waals surface area contributed by atoms with Crippen LogP contribution in [0.2, 0.25) is 0 Å². The van der Waals surface area contributed by atoms with E-state index in [9.17, 15) is 4.79 Å². The summed E-state index contributed by atoms with van der Waals surface area (Å²) in [6, 6.07) is 0. The molecule has 0 amide bonds. The van der Waals surface area contributed by atoms with Crippen molar-refractivity contribution in [3.8, 4) is 0 Å². The molecule has 1 N–H and O–H groups in total. The van der Waals surface area contributed by atoms with Gasteiger partial charge in [0.05, 0.1) is 0 Å². The highest BCUT2D eigenvalue weighted by molar-refractivity contribution is 6.03. The number of aliphatic hydroxyl groups is 1. The molecule has 68 valence electrons. The third kappa shape index (κ3) is 6.70. The van der Waals surface area contributed by atoms with Crippen LogP contribution in [0.3, 0.4) is 0 Å². The largest absolute Gasteiger partial charge is 0.513 e. The Hall–Kier alpha value is -1.42. The zero-order valence-corrected chi connectivity index (χ0v) is 7.28. The highest BCUT2D eigenvalue weighted by Gasteiger charge is 1.99. The summed E-state index contributed by atoms with van der Waals surface area (Å²) >= 11 is 0. The topological polar surface area (TPSA) is 58.9 Å². The fourth-order valence-corrected chi connectivity index (χ4v) is 0.287. The minimum atomic E-state index is -0.437. The lowest BCUT2D eigenvalue weighted by Crippen LogP contribution is -1.93. The molecule has 0 aliphatic heterocycles. The maximum Gasteiger partial charge on any atom is 0.206 e. The Morgan fingerprint density at radius 3 is 2.08 bits per heavy atom. The number of carbonyl (C=O) groups is 1. The molecule has 0 aromatic rings. The van der Waals surface area contributed by atoms with E-state index in [-0.39, 0.29) is 5.70 Å². The summed E-state index contributed by atoms with van der Waals surface area (Å²) < 4.78 is 4.25. The van der Waals surface area contributed by atoms with E-state index in [1.54, 1.807) is 14.2 Å². The molecule has 0 spiro atoms. The maximum atomic E-state index is 10.5. The van der Waals surface area contributed by atoms with Gasteiger partial charge in [-0.3, -0.25) is 9.79 Å². The molecule has 0 fully saturated rings. The van der Waals surface area contributed by atoms with Crippen LogP contribution in [0.4, 0.5) is 0 Å². The lowest BCUT2D eigenvalue weighted by Gasteiger charge is -1.88. The molecule has 0 saturated carbocycles. The van der Waals surface area contributed by atoms with Crippen LogP contribution in [0.15, 0.2) is 29.6 Å². The first-order valence-corrected chi connectivity index (χ1v) is 3.05. The lowest BCUT2D eigenvalue weighted by atomic mass is 10.3. The van der Waals surface area contributed by atoms with Gasteiger partial charge in [0, 0.05) is 14.2 Å². The Morgan fingerprint density at radius 1 is 1.58 bits per heavy atom. The minimum Gasteiger partial charge on any atom is -0.513 e. The summed E-state index contributed by atoms with van der Waals surface area (Å²) in [6.45, 7) is 6.24. The number of rotatable bonds is 3. The van der Waals surface area contributed by atoms with Crippen molar-refractivity contribution in [3.05, 3.63) is 24.6 Å². The number of aliphatic imine (C=N–C) groups is 1. The van der Waals surface area contributed by atoms with Gasteiger partial charge >= 0.3 is 0 Å². The number of hydrogen-bond donors (Lipinski definition) is 1. The predicted octanol–water partition coefficient (Wildman–Crippen LogP) is 1.10. The van der Waals surface area contributed by atoms with E-state index in [1.165, 1.54) is 0 Å². The fourth-order valence-electron chi connectivity index (χ4n) is 0.287. The molecule has 0 heterocycles. The number of hydrogen-bond acceptors (Lipinski definition) is 4. The van der Waals surface area contributed by atoms with Gasteiger partial charge in [-0.2, -0.15) is 0 Å². The van der Waals surface area contributed by atoms with Gasteiger partial charge in [-0.05, 0) is 12.8 Å². The summed E-state index contributed by atoms with van der Waals surface area (Å²) in [5.74, 6) is -0.437. The fraction of sp³-hybridized carbons (Fsp3) is 0.250. The van der Waals surface area contributed by atoms with Gasteiger partial charge in [0.25, 0.3) is 0 Å². The first kappa shape index (κ1) is 13.2. The van der Waals surface area contributed by atoms with Crippen LogP contribution in [0.25, 0.3) is 0 Å². The third-order valence-corrected chi connectivity index (χ3v) is 0.730. The summed E-state index contributed by atoms with van der Waals surface area (Å²) in [5, 5.41) is 8.26. The Kier molecular flexibility index (Phi) is 10.5. The number of ketones is 1. The average Bonchev–Trinajstić information content (AvgIpc) is 2.08. The highest BCUT2D eigenvalue weighted by Crippen LogP contribution is 1.94. The first-order chi connectivity index (χ1) is 5.67. The van der Waals surface area contributed by atoms with Crippen LogP contribution in [0.1, 0.15) is 0 Å². The number of carbonyl (C=O) groups excluding carboxylic acids is 1. The number of nitrogens with zero attached hydrogens (tertiary/aromatic N) is 1. The van der Waals surface area contributed by atoms with E-state index < -0.39 is 5.78 Å². The molecule has 4 nitrogen and oxygen atoms in total. The van der Waals surface area contributed by atoms with Crippen molar-refractivity contribution in [1.82, 2.24) is 0 Å². The van der Waals surface area contributed by atoms with Gasteiger partial charge in [-0.1, -0.05) is 6.58 Å². The first-order valence-electron chi connectivity index (χ1n) is 3.05. The van der Waals surface area contributed by atoms with Crippen molar-refractivity contribution in [2.24, 2.45) is 4.99 Å². The molecule has 12 heavy (non-hydrogen) atoms. The monoisotopic (exact) mass is 171 g/mol. The Bertz CT molecular complexity index is 185. The van der Waals surface area contributed by atoms with Gasteiger partial charge in [-0.25, -0.2) is 0 Å². The van der Waals surface area contributed by atoms with Gasteiger partial charge in [0.2, 0.25) is 5.78 Å². The summed E-state index contributed by atoms with van der Waals surface area (Å²) in [6.07, 6.45) is 1.65. The van der Waals surface area contributed by atoms with Crippen molar-refractivity contribution in [1.29, 1.82) is 0 Å². The normalized spacial score (nSPS) is 9.33. The van der Waals surface area contributed by atoms with Crippen LogP contribution >= 0.6 is 0 Å². The van der Waals surface area contributed by atoms with E-state index in [1.807, 2.05) is 0 Å². The van der Waals surface area contributed by atoms with Crippen LogP contribution in [0.5, 0.6) is 0 Å². The van der Waals surface area contributed by atoms with Gasteiger partial charge in [0.1, 0.15) is 12.0 Å². The highest BCUT2D eigenvalue weighted by atomic mass is 16.4. The van der Waals surface area contributed by atoms with Crippen LogP contribution < -0.4 is 0 Å². The SMILES string of the molecule is C=CC(=O)/C(=C/O)N=C.COC. The molecule has 0 saturated heterocycles. The van der Waals surface area contributed by atoms with Gasteiger partial charge in [0.15, 0.2) is 0 Å². The van der Waals surface area contributed by atoms with E-state index >= 15 is 0 Å². The second kappa shape index (κ2) is 9.58. The number of aliphatic hydroxyl groups excluding tert-OH is 1. The Balaban J connectivity index is 0. The lowest BCUT2D eigenvalue weighted by molar-refractivity contribution is -0.111. The van der Waals surface area contributed by atoms with Crippen molar-refractivity contribution in [3.63, 3.8) is 0 Å². The second-order valence-corrected chi connectivity index (χ2v) is 1.65. The summed E-state index contributed by atoms with van der Waals surface area (Å²) in [5.41, 5.74) is -0.0926. The molecule has 0 rings (SSSR count). The van der Waals surface area contributed by atoms with E-state index in [0.717, 1.165) is 6.08 Å². The van der Waals surface area contributed by atoms with Crippen molar-refractivity contribution in [2.45, 2.75) is 0 Å². The molecule has 0 atom stereocenters. The molecule has 0 radical (unpaired) electrons. The average molecular weight is 171 g/mol. The van der Waals surface area contributed by atoms with Crippen LogP contribution in [-0.2, 0) is 9.53 Å². The van der Waals surface area contributed by atoms with Crippen LogP contribution in [-0.4, -0.2) is 31.8 Å². The standard InChI is InChI=1S/C6H7NO2.C2H6O/c1-3-6(9)5(4-8)7-2;1-3-2/h3-4,8H,1-2H2;1-2H3/b5-4-;. The molecule has 0 unspecified atom stereocenters. The third-order valence-electron chi connectivity index (χ3n) is 0.730. The van der Waals surface area contributed by atoms with Crippen molar-refractivity contribution in [2.75, 3.05) is 14.2 Å². The van der Waals surface area contributed by atoms with Gasteiger partial charge in [-0.15, -0.1) is 0 Å². The molecule has 0 aliphatic rings. The zero-order chi connectivity index (χ0) is 9.98. The van der Waals surface area contributed by atoms with E-state index in [4.69, 9.17) is 5.11 Å². The molecule has 0 aliphatic carbocycles. The molecular formula is C8H13NO3. The smallest absolute Gasteiger partial charge is 0.206 e. The quantitative estimate of drug-likeness (QED) is 0.393. The molecule has 0 bridgehead atoms. The number of ether oxygens (including phenoxy) is 1. The van der Waals surface area contributed by atoms with E-state index in [0.29, 0.717) is 6.26 Å². The molecule has 0 aromatic heterocycles. The number of allylic oxidation sites excluding steroid dienone is 1. The zero-order valence-electron chi connectivity index (χ0n) is 7.28. The molecule has 0 aromatic carbocycles. The summed E-state index contributed by atoms with van der Waals surface area (Å²) in [7, 11) is 3.25. The Morgan fingerprint density at radius 2 is 2.00 bits per heavy atom. The molecule has 4 heteroatoms. The van der Waals surface area contributed by atoms with Crippen molar-refractivity contribution >= 4 is 12.5 Å². The van der Waals surface area contributed by atoms with Crippen molar-refractivity contribution < 1.29 is 14.6 Å². The number of methoxy groups -OCH3 is 1. The Labute approximate surface area is 71.9 Å². The van der Waals surface area contributed by atoms with E-state index in [2.05, 4.69) is 23.0 Å². The van der Waals surface area contributed by atoms with Crippen LogP contribution in [0, 0.1) is 0 Å². The second-order valence-electron chi connectivity index (χ2n) is 1.65. The maximum absolute atomic E-state index is 10.5. The predicted molar refractivity (Wildman–Crippen MR) is 48.4 cm³/mol. The van der Waals surface area contributed by atoms with Gasteiger partial charge < -0.3 is 9.84 Å². The minimum absolute atomic E-state index is 0.0926. The molecular weight excluding hydrogens is 158 g/mol. The summed E-state index contributed by atoms with van der Waals surface area (Å²) in [4.78, 5) is 13.7.